The van der Waals surface area contributed by atoms with Gasteiger partial charge < -0.3 is 10.6 Å². The van der Waals surface area contributed by atoms with Crippen molar-refractivity contribution in [3.63, 3.8) is 0 Å². The van der Waals surface area contributed by atoms with Crippen molar-refractivity contribution in [2.45, 2.75) is 44.0 Å². The number of benzene rings is 1. The molecule has 0 radical (unpaired) electrons. The molecule has 0 spiro atoms. The number of nitrogens with two attached hydrogens (primary N) is 1. The van der Waals surface area contributed by atoms with Crippen LogP contribution in [0.5, 0.6) is 0 Å². The Balaban J connectivity index is 1.65. The lowest BCUT2D eigenvalue weighted by Gasteiger charge is -2.32. The number of nitrogens with zero attached hydrogens (tertiary/aromatic N) is 2. The minimum Gasteiger partial charge on any atom is -0.341 e. The fraction of sp³-hybridized carbons (Fsp3) is 0.611. The maximum atomic E-state index is 12.8. The van der Waals surface area contributed by atoms with Gasteiger partial charge in [-0.05, 0) is 56.4 Å². The second-order valence-corrected chi connectivity index (χ2v) is 9.20. The summed E-state index contributed by atoms with van der Waals surface area (Å²) < 4.78 is 27.2. The van der Waals surface area contributed by atoms with Crippen molar-refractivity contribution in [1.82, 2.24) is 9.21 Å². The van der Waals surface area contributed by atoms with Gasteiger partial charge in [-0.15, -0.1) is 0 Å². The summed E-state index contributed by atoms with van der Waals surface area (Å²) in [7, 11) is -3.49. The van der Waals surface area contributed by atoms with Gasteiger partial charge in [0.05, 0.1) is 4.90 Å². The molecule has 2 aliphatic rings. The Kier molecular flexibility index (Phi) is 5.18. The fourth-order valence-corrected chi connectivity index (χ4v) is 5.17. The lowest BCUT2D eigenvalue weighted by Crippen LogP contribution is -2.44. The highest BCUT2D eigenvalue weighted by Crippen LogP contribution is 2.27. The second kappa shape index (κ2) is 7.05. The second-order valence-electron chi connectivity index (χ2n) is 7.26. The average Bonchev–Trinajstić information content (AvgIpc) is 3.03. The molecule has 0 aromatic heterocycles. The first-order valence-electron chi connectivity index (χ1n) is 8.91. The van der Waals surface area contributed by atoms with E-state index in [0.717, 1.165) is 24.1 Å². The summed E-state index contributed by atoms with van der Waals surface area (Å²) in [6.07, 6.45) is 2.01. The predicted molar refractivity (Wildman–Crippen MR) is 96.6 cm³/mol. The molecule has 2 N–H and O–H groups in total. The van der Waals surface area contributed by atoms with Crippen molar-refractivity contribution in [2.75, 3.05) is 26.2 Å². The summed E-state index contributed by atoms with van der Waals surface area (Å²) in [4.78, 5) is 14.7. The number of piperidine rings is 1. The molecule has 7 heteroatoms. The van der Waals surface area contributed by atoms with Crippen LogP contribution in [0.4, 0.5) is 0 Å². The van der Waals surface area contributed by atoms with Crippen LogP contribution in [0.3, 0.4) is 0 Å². The van der Waals surface area contributed by atoms with Crippen LogP contribution in [0.15, 0.2) is 23.1 Å². The van der Waals surface area contributed by atoms with E-state index in [1.807, 2.05) is 24.8 Å². The van der Waals surface area contributed by atoms with Gasteiger partial charge in [-0.1, -0.05) is 6.07 Å². The molecule has 1 aromatic carbocycles. The van der Waals surface area contributed by atoms with E-state index in [-0.39, 0.29) is 17.9 Å². The van der Waals surface area contributed by atoms with Crippen molar-refractivity contribution in [2.24, 2.45) is 11.7 Å². The molecule has 2 saturated heterocycles. The number of likely N-dealkylation sites (tertiary alicyclic amines) is 1. The number of hydrogen-bond donors (Lipinski definition) is 1. The zero-order chi connectivity index (χ0) is 18.2. The van der Waals surface area contributed by atoms with Crippen LogP contribution in [0.25, 0.3) is 0 Å². The van der Waals surface area contributed by atoms with Crippen LogP contribution < -0.4 is 5.73 Å². The largest absolute Gasteiger partial charge is 0.341 e. The van der Waals surface area contributed by atoms with Gasteiger partial charge in [-0.3, -0.25) is 4.79 Å². The highest BCUT2D eigenvalue weighted by Gasteiger charge is 2.35. The van der Waals surface area contributed by atoms with Crippen molar-refractivity contribution in [3.8, 4) is 0 Å². The molecular weight excluding hydrogens is 338 g/mol. The zero-order valence-corrected chi connectivity index (χ0v) is 15.8. The highest BCUT2D eigenvalue weighted by atomic mass is 32.2. The molecule has 1 aromatic rings. The van der Waals surface area contributed by atoms with Gasteiger partial charge in [0.1, 0.15) is 0 Å². The standard InChI is InChI=1S/C18H27N3O3S/c1-13-3-4-17(11-14(13)2)25(23,24)21-9-5-15(6-10-21)18(22)20-8-7-16(19)12-20/h3-4,11,15-16H,5-10,12,19H2,1-2H3/t16-/m1/s1. The quantitative estimate of drug-likeness (QED) is 0.874. The van der Waals surface area contributed by atoms with E-state index in [1.54, 1.807) is 12.1 Å². The van der Waals surface area contributed by atoms with Crippen molar-refractivity contribution in [1.29, 1.82) is 0 Å². The van der Waals surface area contributed by atoms with Crippen LogP contribution in [0, 0.1) is 19.8 Å². The summed E-state index contributed by atoms with van der Waals surface area (Å²) in [5.41, 5.74) is 7.92. The van der Waals surface area contributed by atoms with E-state index in [2.05, 4.69) is 0 Å². The zero-order valence-electron chi connectivity index (χ0n) is 14.9. The smallest absolute Gasteiger partial charge is 0.243 e. The van der Waals surface area contributed by atoms with Gasteiger partial charge in [-0.25, -0.2) is 8.42 Å². The molecule has 3 rings (SSSR count). The van der Waals surface area contributed by atoms with Crippen LogP contribution in [0.1, 0.15) is 30.4 Å². The molecule has 0 saturated carbocycles. The molecule has 1 atom stereocenters. The Morgan fingerprint density at radius 1 is 1.08 bits per heavy atom. The monoisotopic (exact) mass is 365 g/mol. The number of aryl methyl sites for hydroxylation is 2. The number of sulfonamides is 1. The van der Waals surface area contributed by atoms with Crippen molar-refractivity contribution in [3.05, 3.63) is 29.3 Å². The van der Waals surface area contributed by atoms with Crippen LogP contribution in [-0.2, 0) is 14.8 Å². The summed E-state index contributed by atoms with van der Waals surface area (Å²) >= 11 is 0. The number of carbonyl (C=O) groups excluding carboxylic acids is 1. The Labute approximate surface area is 150 Å². The SMILES string of the molecule is Cc1ccc(S(=O)(=O)N2CCC(C(=O)N3CC[C@@H](N)C3)CC2)cc1C. The van der Waals surface area contributed by atoms with Crippen molar-refractivity contribution >= 4 is 15.9 Å². The molecule has 0 bridgehead atoms. The number of amides is 1. The molecule has 2 fully saturated rings. The van der Waals surface area contributed by atoms with E-state index >= 15 is 0 Å². The van der Waals surface area contributed by atoms with E-state index < -0.39 is 10.0 Å². The van der Waals surface area contributed by atoms with Gasteiger partial charge in [-0.2, -0.15) is 4.31 Å². The summed E-state index contributed by atoms with van der Waals surface area (Å²) in [6.45, 7) is 6.02. The maximum absolute atomic E-state index is 12.8. The Morgan fingerprint density at radius 3 is 2.32 bits per heavy atom. The van der Waals surface area contributed by atoms with Gasteiger partial charge in [0.2, 0.25) is 15.9 Å². The van der Waals surface area contributed by atoms with E-state index in [9.17, 15) is 13.2 Å². The Morgan fingerprint density at radius 2 is 1.76 bits per heavy atom. The third kappa shape index (κ3) is 3.73. The number of hydrogen-bond acceptors (Lipinski definition) is 4. The van der Waals surface area contributed by atoms with E-state index in [0.29, 0.717) is 37.4 Å². The molecule has 2 aliphatic heterocycles. The molecule has 0 unspecified atom stereocenters. The molecular formula is C18H27N3O3S. The van der Waals surface area contributed by atoms with Gasteiger partial charge in [0.15, 0.2) is 0 Å². The summed E-state index contributed by atoms with van der Waals surface area (Å²) in [5.74, 6) is 0.0488. The average molecular weight is 365 g/mol. The molecule has 25 heavy (non-hydrogen) atoms. The first-order valence-corrected chi connectivity index (χ1v) is 10.3. The third-order valence-corrected chi connectivity index (χ3v) is 7.35. The lowest BCUT2D eigenvalue weighted by atomic mass is 9.97. The molecule has 6 nitrogen and oxygen atoms in total. The predicted octanol–water partition coefficient (Wildman–Crippen LogP) is 1.26. The van der Waals surface area contributed by atoms with Gasteiger partial charge in [0, 0.05) is 38.1 Å². The maximum Gasteiger partial charge on any atom is 0.243 e. The number of carbonyl (C=O) groups is 1. The van der Waals surface area contributed by atoms with Crippen LogP contribution in [-0.4, -0.2) is 55.8 Å². The fourth-order valence-electron chi connectivity index (χ4n) is 3.61. The van der Waals surface area contributed by atoms with Crippen LogP contribution in [0.2, 0.25) is 0 Å². The first kappa shape index (κ1) is 18.4. The normalized spacial score (nSPS) is 23.2. The van der Waals surface area contributed by atoms with Crippen LogP contribution >= 0.6 is 0 Å². The van der Waals surface area contributed by atoms with Gasteiger partial charge >= 0.3 is 0 Å². The molecule has 0 aliphatic carbocycles. The van der Waals surface area contributed by atoms with Gasteiger partial charge in [0.25, 0.3) is 0 Å². The van der Waals surface area contributed by atoms with E-state index in [4.69, 9.17) is 5.73 Å². The molecule has 2 heterocycles. The lowest BCUT2D eigenvalue weighted by molar-refractivity contribution is -0.135. The van der Waals surface area contributed by atoms with Crippen molar-refractivity contribution < 1.29 is 13.2 Å². The third-order valence-electron chi connectivity index (χ3n) is 5.46. The van der Waals surface area contributed by atoms with E-state index in [1.165, 1.54) is 4.31 Å². The Bertz CT molecular complexity index is 755. The first-order chi connectivity index (χ1) is 11.8. The highest BCUT2D eigenvalue weighted by molar-refractivity contribution is 7.89. The topological polar surface area (TPSA) is 83.7 Å². The minimum atomic E-state index is -3.49. The summed E-state index contributed by atoms with van der Waals surface area (Å²) in [5, 5.41) is 0. The number of rotatable bonds is 3. The Hall–Kier alpha value is -1.44. The summed E-state index contributed by atoms with van der Waals surface area (Å²) in [6, 6.07) is 5.32. The molecule has 138 valence electrons. The minimum absolute atomic E-state index is 0.0780. The molecule has 1 amide bonds.